The zero-order valence-electron chi connectivity index (χ0n) is 15.0. The summed E-state index contributed by atoms with van der Waals surface area (Å²) in [5.41, 5.74) is 2.78. The summed E-state index contributed by atoms with van der Waals surface area (Å²) in [6.07, 6.45) is 0.982. The fourth-order valence-corrected chi connectivity index (χ4v) is 2.88. The van der Waals surface area contributed by atoms with Gasteiger partial charge in [-0.3, -0.25) is 9.69 Å². The molecule has 0 N–H and O–H groups in total. The molecule has 1 aliphatic rings. The molecule has 0 fully saturated rings. The minimum Gasteiger partial charge on any atom is -0.497 e. The van der Waals surface area contributed by atoms with Crippen molar-refractivity contribution >= 4 is 11.6 Å². The van der Waals surface area contributed by atoms with Crippen LogP contribution in [-0.4, -0.2) is 42.4 Å². The van der Waals surface area contributed by atoms with Crippen LogP contribution in [0.4, 0.5) is 4.39 Å². The normalized spacial score (nSPS) is 14.5. The lowest BCUT2D eigenvalue weighted by Gasteiger charge is -2.28. The number of hydrazone groups is 1. The van der Waals surface area contributed by atoms with E-state index in [1.165, 1.54) is 17.1 Å². The molecule has 0 bridgehead atoms. The third kappa shape index (κ3) is 4.46. The van der Waals surface area contributed by atoms with Crippen LogP contribution in [0.15, 0.2) is 53.6 Å². The number of carbonyl (C=O) groups is 1. The summed E-state index contributed by atoms with van der Waals surface area (Å²) in [6, 6.07) is 14.1. The van der Waals surface area contributed by atoms with E-state index in [2.05, 4.69) is 5.10 Å². The number of amides is 1. The number of hydrogen-bond acceptors (Lipinski definition) is 4. The predicted octanol–water partition coefficient (Wildman–Crippen LogP) is 3.25. The number of methoxy groups -OCH3 is 1. The van der Waals surface area contributed by atoms with E-state index in [0.717, 1.165) is 22.6 Å². The maximum atomic E-state index is 13.1. The van der Waals surface area contributed by atoms with Crippen LogP contribution in [0.25, 0.3) is 0 Å². The summed E-state index contributed by atoms with van der Waals surface area (Å²) in [5, 5.41) is 5.98. The number of rotatable bonds is 6. The fourth-order valence-electron chi connectivity index (χ4n) is 2.88. The van der Waals surface area contributed by atoms with Crippen molar-refractivity contribution in [1.82, 2.24) is 9.91 Å². The number of nitrogens with zero attached hydrogens (tertiary/aromatic N) is 3. The average Bonchev–Trinajstić information content (AvgIpc) is 2.65. The fraction of sp³-hybridized carbons (Fsp3) is 0.300. The Bertz CT molecular complexity index is 788. The van der Waals surface area contributed by atoms with Gasteiger partial charge in [0.2, 0.25) is 5.91 Å². The highest BCUT2D eigenvalue weighted by molar-refractivity contribution is 6.04. The van der Waals surface area contributed by atoms with Crippen LogP contribution in [0.3, 0.4) is 0 Å². The van der Waals surface area contributed by atoms with Gasteiger partial charge < -0.3 is 4.74 Å². The highest BCUT2D eigenvalue weighted by Crippen LogP contribution is 2.17. The highest BCUT2D eigenvalue weighted by Gasteiger charge is 2.22. The first-order valence-electron chi connectivity index (χ1n) is 8.50. The lowest BCUT2D eigenvalue weighted by molar-refractivity contribution is -0.133. The second-order valence-corrected chi connectivity index (χ2v) is 6.35. The van der Waals surface area contributed by atoms with Crippen LogP contribution in [0, 0.1) is 5.82 Å². The third-order valence-corrected chi connectivity index (χ3v) is 4.27. The first-order chi connectivity index (χ1) is 12.5. The molecular formula is C20H22FN3O2. The zero-order valence-corrected chi connectivity index (χ0v) is 15.0. The van der Waals surface area contributed by atoms with Crippen molar-refractivity contribution in [1.29, 1.82) is 0 Å². The van der Waals surface area contributed by atoms with Gasteiger partial charge in [-0.15, -0.1) is 0 Å². The maximum Gasteiger partial charge on any atom is 0.244 e. The van der Waals surface area contributed by atoms with Crippen LogP contribution in [0.1, 0.15) is 24.0 Å². The number of carbonyl (C=O) groups excluding carboxylic acids is 1. The zero-order chi connectivity index (χ0) is 18.5. The smallest absolute Gasteiger partial charge is 0.244 e. The van der Waals surface area contributed by atoms with E-state index in [4.69, 9.17) is 4.74 Å². The topological polar surface area (TPSA) is 45.1 Å². The van der Waals surface area contributed by atoms with Crippen molar-refractivity contribution in [3.05, 3.63) is 65.5 Å². The Morgan fingerprint density at radius 2 is 1.81 bits per heavy atom. The molecule has 0 radical (unpaired) electrons. The summed E-state index contributed by atoms with van der Waals surface area (Å²) < 4.78 is 18.3. The molecule has 0 spiro atoms. The molecule has 1 aliphatic heterocycles. The van der Waals surface area contributed by atoms with Crippen molar-refractivity contribution in [3.63, 3.8) is 0 Å². The SMILES string of the molecule is COc1ccc(CN(C)CN2N=C(c3ccc(F)cc3)CCC2=O)cc1. The molecule has 0 saturated heterocycles. The number of ether oxygens (including phenoxy) is 1. The highest BCUT2D eigenvalue weighted by atomic mass is 19.1. The average molecular weight is 355 g/mol. The van der Waals surface area contributed by atoms with Crippen molar-refractivity contribution in [2.75, 3.05) is 20.8 Å². The summed E-state index contributed by atoms with van der Waals surface area (Å²) in [7, 11) is 3.58. The first kappa shape index (κ1) is 18.1. The van der Waals surface area contributed by atoms with Crippen molar-refractivity contribution in [2.45, 2.75) is 19.4 Å². The van der Waals surface area contributed by atoms with Gasteiger partial charge in [0, 0.05) is 19.4 Å². The van der Waals surface area contributed by atoms with Gasteiger partial charge in [-0.2, -0.15) is 5.10 Å². The van der Waals surface area contributed by atoms with Crippen LogP contribution in [0.2, 0.25) is 0 Å². The van der Waals surface area contributed by atoms with Crippen LogP contribution < -0.4 is 4.74 Å². The van der Waals surface area contributed by atoms with E-state index in [1.807, 2.05) is 36.2 Å². The summed E-state index contributed by atoms with van der Waals surface area (Å²) in [6.45, 7) is 1.09. The van der Waals surface area contributed by atoms with Crippen molar-refractivity contribution in [2.24, 2.45) is 5.10 Å². The van der Waals surface area contributed by atoms with Gasteiger partial charge in [-0.25, -0.2) is 9.40 Å². The quantitative estimate of drug-likeness (QED) is 0.799. The van der Waals surface area contributed by atoms with Gasteiger partial charge in [-0.1, -0.05) is 24.3 Å². The van der Waals surface area contributed by atoms with Crippen LogP contribution in [-0.2, 0) is 11.3 Å². The summed E-state index contributed by atoms with van der Waals surface area (Å²) in [4.78, 5) is 14.2. The van der Waals surface area contributed by atoms with Gasteiger partial charge in [0.15, 0.2) is 0 Å². The Morgan fingerprint density at radius 1 is 1.12 bits per heavy atom. The van der Waals surface area contributed by atoms with E-state index < -0.39 is 0 Å². The molecule has 3 rings (SSSR count). The molecule has 1 heterocycles. The molecule has 26 heavy (non-hydrogen) atoms. The molecule has 0 aliphatic carbocycles. The Morgan fingerprint density at radius 3 is 2.46 bits per heavy atom. The Labute approximate surface area is 152 Å². The third-order valence-electron chi connectivity index (χ3n) is 4.27. The minimum atomic E-state index is -0.280. The van der Waals surface area contributed by atoms with Crippen LogP contribution in [0.5, 0.6) is 5.75 Å². The Kier molecular flexibility index (Phi) is 5.63. The van der Waals surface area contributed by atoms with E-state index >= 15 is 0 Å². The molecule has 2 aromatic rings. The van der Waals surface area contributed by atoms with Crippen molar-refractivity contribution < 1.29 is 13.9 Å². The molecule has 0 atom stereocenters. The lowest BCUT2D eigenvalue weighted by atomic mass is 10.0. The second kappa shape index (κ2) is 8.10. The number of benzene rings is 2. The second-order valence-electron chi connectivity index (χ2n) is 6.35. The largest absolute Gasteiger partial charge is 0.497 e. The molecule has 0 aromatic heterocycles. The van der Waals surface area contributed by atoms with Gasteiger partial charge in [0.1, 0.15) is 11.6 Å². The van der Waals surface area contributed by atoms with E-state index in [0.29, 0.717) is 26.1 Å². The lowest BCUT2D eigenvalue weighted by Crippen LogP contribution is -2.39. The van der Waals surface area contributed by atoms with Crippen LogP contribution >= 0.6 is 0 Å². The van der Waals surface area contributed by atoms with E-state index in [1.54, 1.807) is 19.2 Å². The molecule has 6 heteroatoms. The molecule has 0 unspecified atom stereocenters. The number of hydrogen-bond donors (Lipinski definition) is 0. The van der Waals surface area contributed by atoms with Gasteiger partial charge in [0.05, 0.1) is 19.5 Å². The molecule has 1 amide bonds. The number of halogens is 1. The molecule has 136 valence electrons. The standard InChI is InChI=1S/C20H22FN3O2/c1-23(13-15-3-9-18(26-2)10-4-15)14-24-20(25)12-11-19(22-24)16-5-7-17(21)8-6-16/h3-10H,11-14H2,1-2H3. The van der Waals surface area contributed by atoms with Gasteiger partial charge >= 0.3 is 0 Å². The minimum absolute atomic E-state index is 0.00237. The van der Waals surface area contributed by atoms with E-state index in [-0.39, 0.29) is 11.7 Å². The monoisotopic (exact) mass is 355 g/mol. The summed E-state index contributed by atoms with van der Waals surface area (Å²) >= 11 is 0. The Hall–Kier alpha value is -2.73. The van der Waals surface area contributed by atoms with E-state index in [9.17, 15) is 9.18 Å². The molecule has 0 saturated carbocycles. The van der Waals surface area contributed by atoms with Crippen molar-refractivity contribution in [3.8, 4) is 5.75 Å². The maximum absolute atomic E-state index is 13.1. The van der Waals surface area contributed by atoms with Gasteiger partial charge in [0.25, 0.3) is 0 Å². The first-order valence-corrected chi connectivity index (χ1v) is 8.50. The van der Waals surface area contributed by atoms with Gasteiger partial charge in [-0.05, 0) is 42.4 Å². The molecule has 2 aromatic carbocycles. The molecular weight excluding hydrogens is 333 g/mol. The molecule has 5 nitrogen and oxygen atoms in total. The Balaban J connectivity index is 1.67. The predicted molar refractivity (Wildman–Crippen MR) is 98.3 cm³/mol. The summed E-state index contributed by atoms with van der Waals surface area (Å²) in [5.74, 6) is 0.533.